The minimum absolute atomic E-state index is 0.0165. The first-order chi connectivity index (χ1) is 5.70. The summed E-state index contributed by atoms with van der Waals surface area (Å²) in [4.78, 5) is 0. The number of aliphatic hydroxyl groups excluding tert-OH is 3. The van der Waals surface area contributed by atoms with Crippen LogP contribution in [0.25, 0.3) is 0 Å². The lowest BCUT2D eigenvalue weighted by atomic mass is 9.99. The molecule has 0 saturated carbocycles. The second-order valence-electron chi connectivity index (χ2n) is 2.95. The van der Waals surface area contributed by atoms with Crippen molar-refractivity contribution in [3.8, 4) is 0 Å². The molecule has 1 rings (SSSR count). The summed E-state index contributed by atoms with van der Waals surface area (Å²) < 4.78 is 0. The number of hydrogen-bond donors (Lipinski definition) is 4. The fourth-order valence-electron chi connectivity index (χ4n) is 1.36. The lowest BCUT2D eigenvalue weighted by molar-refractivity contribution is -0.0344. The Morgan fingerprint density at radius 1 is 1.42 bits per heavy atom. The lowest BCUT2D eigenvalue weighted by Gasteiger charge is -2.36. The minimum Gasteiger partial charge on any atom is -0.395 e. The van der Waals surface area contributed by atoms with Crippen molar-refractivity contribution in [2.45, 2.75) is 23.5 Å². The maximum atomic E-state index is 9.52. The van der Waals surface area contributed by atoms with Crippen LogP contribution in [-0.4, -0.2) is 58.2 Å². The van der Waals surface area contributed by atoms with E-state index in [1.807, 2.05) is 6.26 Å². The fraction of sp³-hybridized carbons (Fsp3) is 1.00. The number of rotatable bonds is 2. The van der Waals surface area contributed by atoms with Gasteiger partial charge in [-0.2, -0.15) is 11.8 Å². The van der Waals surface area contributed by atoms with Gasteiger partial charge >= 0.3 is 0 Å². The van der Waals surface area contributed by atoms with E-state index in [0.29, 0.717) is 6.54 Å². The predicted molar refractivity (Wildman–Crippen MR) is 48.2 cm³/mol. The quantitative estimate of drug-likeness (QED) is 0.425. The molecule has 1 heterocycles. The van der Waals surface area contributed by atoms with E-state index in [-0.39, 0.29) is 17.9 Å². The zero-order valence-electron chi connectivity index (χ0n) is 6.97. The van der Waals surface area contributed by atoms with Gasteiger partial charge in [0, 0.05) is 11.8 Å². The van der Waals surface area contributed by atoms with Gasteiger partial charge in [-0.1, -0.05) is 0 Å². The number of hydrogen-bond acceptors (Lipinski definition) is 5. The first-order valence-electron chi connectivity index (χ1n) is 3.94. The van der Waals surface area contributed by atoms with Gasteiger partial charge in [-0.05, 0) is 6.26 Å². The van der Waals surface area contributed by atoms with E-state index in [2.05, 4.69) is 5.32 Å². The third-order valence-corrected chi connectivity index (χ3v) is 3.27. The van der Waals surface area contributed by atoms with E-state index >= 15 is 0 Å². The molecule has 1 fully saturated rings. The van der Waals surface area contributed by atoms with E-state index in [9.17, 15) is 10.2 Å². The van der Waals surface area contributed by atoms with Crippen LogP contribution in [0.1, 0.15) is 0 Å². The van der Waals surface area contributed by atoms with Gasteiger partial charge in [0.25, 0.3) is 0 Å². The smallest absolute Gasteiger partial charge is 0.0985 e. The number of thioether (sulfide) groups is 1. The van der Waals surface area contributed by atoms with Gasteiger partial charge in [-0.3, -0.25) is 0 Å². The molecule has 0 spiro atoms. The van der Waals surface area contributed by atoms with Crippen LogP contribution in [0.4, 0.5) is 0 Å². The van der Waals surface area contributed by atoms with Crippen LogP contribution in [-0.2, 0) is 0 Å². The Labute approximate surface area is 76.0 Å². The van der Waals surface area contributed by atoms with E-state index < -0.39 is 12.2 Å². The lowest BCUT2D eigenvalue weighted by Crippen LogP contribution is -2.59. The molecular formula is C7H15NO3S. The summed E-state index contributed by atoms with van der Waals surface area (Å²) in [7, 11) is 0. The molecule has 0 amide bonds. The van der Waals surface area contributed by atoms with Crippen molar-refractivity contribution in [1.82, 2.24) is 5.32 Å². The van der Waals surface area contributed by atoms with E-state index in [1.165, 1.54) is 11.8 Å². The van der Waals surface area contributed by atoms with Gasteiger partial charge in [0.1, 0.15) is 0 Å². The molecule has 4 N–H and O–H groups in total. The summed E-state index contributed by atoms with van der Waals surface area (Å²) in [5, 5.41) is 30.8. The van der Waals surface area contributed by atoms with Gasteiger partial charge in [0.05, 0.1) is 24.9 Å². The van der Waals surface area contributed by atoms with Crippen LogP contribution in [0, 0.1) is 0 Å². The summed E-state index contributed by atoms with van der Waals surface area (Å²) in [6, 6.07) is -0.386. The molecule has 0 aliphatic carbocycles. The highest BCUT2D eigenvalue weighted by atomic mass is 32.2. The van der Waals surface area contributed by atoms with Gasteiger partial charge in [0.2, 0.25) is 0 Å². The number of nitrogens with one attached hydrogen (secondary N) is 1. The molecule has 1 aliphatic heterocycles. The second-order valence-corrected chi connectivity index (χ2v) is 4.03. The van der Waals surface area contributed by atoms with Crippen molar-refractivity contribution in [2.24, 2.45) is 0 Å². The highest BCUT2D eigenvalue weighted by molar-refractivity contribution is 7.99. The Kier molecular flexibility index (Phi) is 3.79. The molecule has 0 unspecified atom stereocenters. The average molecular weight is 193 g/mol. The Balaban J connectivity index is 2.52. The first-order valence-corrected chi connectivity index (χ1v) is 5.22. The zero-order chi connectivity index (χ0) is 9.14. The molecule has 72 valence electrons. The van der Waals surface area contributed by atoms with Crippen LogP contribution in [0.15, 0.2) is 0 Å². The van der Waals surface area contributed by atoms with Crippen molar-refractivity contribution in [1.29, 1.82) is 0 Å². The Morgan fingerprint density at radius 2 is 2.08 bits per heavy atom. The van der Waals surface area contributed by atoms with Gasteiger partial charge in [-0.25, -0.2) is 0 Å². The summed E-state index contributed by atoms with van der Waals surface area (Å²) >= 11 is 1.52. The van der Waals surface area contributed by atoms with Gasteiger partial charge in [-0.15, -0.1) is 0 Å². The zero-order valence-corrected chi connectivity index (χ0v) is 7.79. The maximum absolute atomic E-state index is 9.52. The van der Waals surface area contributed by atoms with Crippen LogP contribution in [0.3, 0.4) is 0 Å². The average Bonchev–Trinajstić information content (AvgIpc) is 2.10. The molecule has 4 atom stereocenters. The fourth-order valence-corrected chi connectivity index (χ4v) is 2.07. The Morgan fingerprint density at radius 3 is 2.58 bits per heavy atom. The molecule has 0 aromatic rings. The van der Waals surface area contributed by atoms with E-state index in [1.54, 1.807) is 0 Å². The molecule has 1 saturated heterocycles. The van der Waals surface area contributed by atoms with Crippen molar-refractivity contribution in [2.75, 3.05) is 19.4 Å². The van der Waals surface area contributed by atoms with Crippen molar-refractivity contribution < 1.29 is 15.3 Å². The predicted octanol–water partition coefficient (Wildman–Crippen LogP) is -1.60. The summed E-state index contributed by atoms with van der Waals surface area (Å²) in [6.07, 6.45) is 0.293. The Hall–Kier alpha value is 0.190. The second kappa shape index (κ2) is 4.43. The van der Waals surface area contributed by atoms with Crippen LogP contribution >= 0.6 is 11.8 Å². The monoisotopic (exact) mass is 193 g/mol. The van der Waals surface area contributed by atoms with Crippen molar-refractivity contribution in [3.05, 3.63) is 0 Å². The SMILES string of the molecule is CS[C@H]1CN[C@H](CO)[C@@H](O)[C@@H]1O. The molecule has 0 aromatic carbocycles. The standard InChI is InChI=1S/C7H15NO3S/c1-12-5-2-8-4(3-9)6(10)7(5)11/h4-11H,2-3H2,1H3/t4-,5+,6-,7-/m1/s1. The van der Waals surface area contributed by atoms with E-state index in [4.69, 9.17) is 5.11 Å². The minimum atomic E-state index is -0.860. The van der Waals surface area contributed by atoms with E-state index in [0.717, 1.165) is 0 Å². The van der Waals surface area contributed by atoms with Gasteiger partial charge in [0.15, 0.2) is 0 Å². The molecule has 0 bridgehead atoms. The highest BCUT2D eigenvalue weighted by Crippen LogP contribution is 2.19. The summed E-state index contributed by atoms with van der Waals surface area (Å²) in [6.45, 7) is 0.490. The molecule has 5 heteroatoms. The van der Waals surface area contributed by atoms with Crippen molar-refractivity contribution >= 4 is 11.8 Å². The Bertz CT molecular complexity index is 131. The number of piperidine rings is 1. The maximum Gasteiger partial charge on any atom is 0.0985 e. The molecule has 1 aliphatic rings. The summed E-state index contributed by atoms with van der Waals surface area (Å²) in [5.41, 5.74) is 0. The largest absolute Gasteiger partial charge is 0.395 e. The van der Waals surface area contributed by atoms with Crippen LogP contribution in [0.2, 0.25) is 0 Å². The van der Waals surface area contributed by atoms with Crippen molar-refractivity contribution in [3.63, 3.8) is 0 Å². The third-order valence-electron chi connectivity index (χ3n) is 2.22. The topological polar surface area (TPSA) is 72.7 Å². The third kappa shape index (κ3) is 1.92. The van der Waals surface area contributed by atoms with Crippen LogP contribution < -0.4 is 5.32 Å². The molecule has 0 radical (unpaired) electrons. The molecule has 12 heavy (non-hydrogen) atoms. The first kappa shape index (κ1) is 10.3. The van der Waals surface area contributed by atoms with Crippen LogP contribution in [0.5, 0.6) is 0 Å². The number of aliphatic hydroxyl groups is 3. The molecule has 4 nitrogen and oxygen atoms in total. The summed E-state index contributed by atoms with van der Waals surface area (Å²) in [5.74, 6) is 0. The highest BCUT2D eigenvalue weighted by Gasteiger charge is 2.36. The molecular weight excluding hydrogens is 178 g/mol. The normalized spacial score (nSPS) is 43.0. The van der Waals surface area contributed by atoms with Gasteiger partial charge < -0.3 is 20.6 Å². The molecule has 0 aromatic heterocycles.